The van der Waals surface area contributed by atoms with E-state index in [2.05, 4.69) is 40.0 Å². The summed E-state index contributed by atoms with van der Waals surface area (Å²) in [4.78, 5) is 2.46. The van der Waals surface area contributed by atoms with Crippen LogP contribution in [0.15, 0.2) is 16.6 Å². The highest BCUT2D eigenvalue weighted by molar-refractivity contribution is 9.10. The molecule has 0 fully saturated rings. The molecule has 120 valence electrons. The molecule has 0 bridgehead atoms. The molecule has 0 radical (unpaired) electrons. The number of nitrogens with zero attached hydrogens (tertiary/aromatic N) is 1. The normalized spacial score (nSPS) is 11.0. The zero-order chi connectivity index (χ0) is 15.7. The summed E-state index contributed by atoms with van der Waals surface area (Å²) in [6.45, 7) is 9.57. The third kappa shape index (κ3) is 5.85. The van der Waals surface area contributed by atoms with Gasteiger partial charge in [-0.2, -0.15) is 0 Å². The lowest BCUT2D eigenvalue weighted by molar-refractivity contribution is 0.287. The van der Waals surface area contributed by atoms with E-state index in [1.807, 2.05) is 12.1 Å². The van der Waals surface area contributed by atoms with Crippen LogP contribution in [0.5, 0.6) is 11.5 Å². The van der Waals surface area contributed by atoms with Crippen LogP contribution >= 0.6 is 15.9 Å². The molecule has 21 heavy (non-hydrogen) atoms. The fraction of sp³-hybridized carbons (Fsp3) is 0.625. The molecule has 1 rings (SSSR count). The van der Waals surface area contributed by atoms with Crippen molar-refractivity contribution in [2.45, 2.75) is 26.8 Å². The van der Waals surface area contributed by atoms with Gasteiger partial charge in [0.15, 0.2) is 11.5 Å². The van der Waals surface area contributed by atoms with Gasteiger partial charge in [-0.05, 0) is 37.2 Å². The van der Waals surface area contributed by atoms with E-state index in [0.717, 1.165) is 48.7 Å². The fourth-order valence-electron chi connectivity index (χ4n) is 2.24. The summed E-state index contributed by atoms with van der Waals surface area (Å²) in [5.41, 5.74) is 1.17. The summed E-state index contributed by atoms with van der Waals surface area (Å²) in [6.07, 6.45) is 1.20. The largest absolute Gasteiger partial charge is 0.493 e. The van der Waals surface area contributed by atoms with Gasteiger partial charge in [0.2, 0.25) is 0 Å². The minimum atomic E-state index is 0.744. The third-order valence-corrected chi connectivity index (χ3v) is 4.20. The van der Waals surface area contributed by atoms with Crippen molar-refractivity contribution < 1.29 is 9.47 Å². The van der Waals surface area contributed by atoms with E-state index in [0.29, 0.717) is 0 Å². The molecule has 4 nitrogen and oxygen atoms in total. The zero-order valence-corrected chi connectivity index (χ0v) is 15.1. The van der Waals surface area contributed by atoms with Crippen LogP contribution in [0.4, 0.5) is 0 Å². The van der Waals surface area contributed by atoms with Crippen LogP contribution in [0.3, 0.4) is 0 Å². The molecule has 0 unspecified atom stereocenters. The second kappa shape index (κ2) is 10.0. The molecule has 0 amide bonds. The van der Waals surface area contributed by atoms with Crippen molar-refractivity contribution in [3.63, 3.8) is 0 Å². The van der Waals surface area contributed by atoms with Gasteiger partial charge < -0.3 is 19.7 Å². The second-order valence-corrected chi connectivity index (χ2v) is 5.76. The average molecular weight is 359 g/mol. The highest BCUT2D eigenvalue weighted by Crippen LogP contribution is 2.33. The number of ether oxygens (including phenoxy) is 2. The predicted molar refractivity (Wildman–Crippen MR) is 91.4 cm³/mol. The van der Waals surface area contributed by atoms with Crippen molar-refractivity contribution in [1.82, 2.24) is 10.2 Å². The monoisotopic (exact) mass is 358 g/mol. The number of hydrogen-bond donors (Lipinski definition) is 1. The molecule has 0 saturated heterocycles. The van der Waals surface area contributed by atoms with Crippen molar-refractivity contribution in [3.05, 3.63) is 22.2 Å². The van der Waals surface area contributed by atoms with Crippen LogP contribution in [0.2, 0.25) is 0 Å². The van der Waals surface area contributed by atoms with Crippen LogP contribution in [0.1, 0.15) is 25.8 Å². The third-order valence-electron chi connectivity index (χ3n) is 3.46. The number of nitrogens with one attached hydrogen (secondary N) is 1. The van der Waals surface area contributed by atoms with Gasteiger partial charge in [0.25, 0.3) is 0 Å². The number of halogens is 1. The van der Waals surface area contributed by atoms with Crippen LogP contribution in [0, 0.1) is 0 Å². The minimum absolute atomic E-state index is 0.744. The van der Waals surface area contributed by atoms with Gasteiger partial charge in [0.05, 0.1) is 14.2 Å². The summed E-state index contributed by atoms with van der Waals surface area (Å²) in [5.74, 6) is 1.51. The molecule has 1 N–H and O–H groups in total. The lowest BCUT2D eigenvalue weighted by Gasteiger charge is -2.19. The molecular weight excluding hydrogens is 332 g/mol. The second-order valence-electron chi connectivity index (χ2n) is 4.91. The Morgan fingerprint density at radius 1 is 1.10 bits per heavy atom. The van der Waals surface area contributed by atoms with Crippen molar-refractivity contribution in [3.8, 4) is 11.5 Å². The average Bonchev–Trinajstić information content (AvgIpc) is 2.51. The van der Waals surface area contributed by atoms with Gasteiger partial charge in [-0.1, -0.05) is 29.8 Å². The van der Waals surface area contributed by atoms with E-state index in [9.17, 15) is 0 Å². The van der Waals surface area contributed by atoms with Crippen LogP contribution in [-0.4, -0.2) is 45.3 Å². The van der Waals surface area contributed by atoms with Gasteiger partial charge >= 0.3 is 0 Å². The number of likely N-dealkylation sites (N-methyl/N-ethyl adjacent to an activating group) is 1. The van der Waals surface area contributed by atoms with Crippen molar-refractivity contribution >= 4 is 15.9 Å². The smallest absolute Gasteiger partial charge is 0.161 e. The number of hydrogen-bond acceptors (Lipinski definition) is 4. The maximum atomic E-state index is 5.34. The first kappa shape index (κ1) is 18.3. The first-order valence-corrected chi connectivity index (χ1v) is 8.28. The molecule has 0 aliphatic carbocycles. The van der Waals surface area contributed by atoms with Crippen molar-refractivity contribution in [2.24, 2.45) is 0 Å². The van der Waals surface area contributed by atoms with E-state index in [-0.39, 0.29) is 0 Å². The molecule has 0 aliphatic heterocycles. The van der Waals surface area contributed by atoms with Crippen LogP contribution in [0.25, 0.3) is 0 Å². The quantitative estimate of drug-likeness (QED) is 0.650. The zero-order valence-electron chi connectivity index (χ0n) is 13.5. The first-order chi connectivity index (χ1) is 10.2. The van der Waals surface area contributed by atoms with Crippen LogP contribution < -0.4 is 14.8 Å². The predicted octanol–water partition coefficient (Wildman–Crippen LogP) is 3.29. The molecule has 1 aromatic rings. The minimum Gasteiger partial charge on any atom is -0.493 e. The summed E-state index contributed by atoms with van der Waals surface area (Å²) < 4.78 is 11.7. The Morgan fingerprint density at radius 2 is 1.76 bits per heavy atom. The number of benzene rings is 1. The van der Waals surface area contributed by atoms with E-state index in [1.165, 1.54) is 12.0 Å². The van der Waals surface area contributed by atoms with Crippen molar-refractivity contribution in [2.75, 3.05) is 40.4 Å². The Morgan fingerprint density at radius 3 is 2.33 bits per heavy atom. The molecular formula is C16H27BrN2O2. The summed E-state index contributed by atoms with van der Waals surface area (Å²) in [5, 5.41) is 3.49. The Kier molecular flexibility index (Phi) is 8.73. The molecule has 5 heteroatoms. The lowest BCUT2D eigenvalue weighted by Crippen LogP contribution is -2.32. The highest BCUT2D eigenvalue weighted by Gasteiger charge is 2.09. The van der Waals surface area contributed by atoms with E-state index < -0.39 is 0 Å². The van der Waals surface area contributed by atoms with E-state index in [1.54, 1.807) is 14.2 Å². The molecule has 0 heterocycles. The summed E-state index contributed by atoms with van der Waals surface area (Å²) in [7, 11) is 3.31. The van der Waals surface area contributed by atoms with Gasteiger partial charge in [0.1, 0.15) is 0 Å². The summed E-state index contributed by atoms with van der Waals surface area (Å²) >= 11 is 3.58. The standard InChI is InChI=1S/C16H27BrN2O2/c1-5-8-19(6-2)9-7-18-12-13-10-15(20-3)16(21-4)11-14(13)17/h10-11,18H,5-9,12H2,1-4H3. The van der Waals surface area contributed by atoms with Gasteiger partial charge in [0, 0.05) is 24.1 Å². The van der Waals surface area contributed by atoms with E-state index >= 15 is 0 Å². The summed E-state index contributed by atoms with van der Waals surface area (Å²) in [6, 6.07) is 3.96. The Labute approximate surface area is 136 Å². The van der Waals surface area contributed by atoms with Crippen molar-refractivity contribution in [1.29, 1.82) is 0 Å². The molecule has 0 saturated carbocycles. The maximum absolute atomic E-state index is 5.34. The molecule has 0 aromatic heterocycles. The number of rotatable bonds is 10. The molecule has 0 atom stereocenters. The Hall–Kier alpha value is -0.780. The van der Waals surface area contributed by atoms with Crippen LogP contribution in [-0.2, 0) is 6.54 Å². The molecule has 1 aromatic carbocycles. The fourth-order valence-corrected chi connectivity index (χ4v) is 2.70. The lowest BCUT2D eigenvalue weighted by atomic mass is 10.2. The Balaban J connectivity index is 2.52. The van der Waals surface area contributed by atoms with Gasteiger partial charge in [-0.15, -0.1) is 0 Å². The highest BCUT2D eigenvalue weighted by atomic mass is 79.9. The Bertz CT molecular complexity index is 427. The topological polar surface area (TPSA) is 33.7 Å². The first-order valence-electron chi connectivity index (χ1n) is 7.49. The maximum Gasteiger partial charge on any atom is 0.161 e. The molecule has 0 spiro atoms. The number of methoxy groups -OCH3 is 2. The van der Waals surface area contributed by atoms with Gasteiger partial charge in [-0.25, -0.2) is 0 Å². The van der Waals surface area contributed by atoms with Gasteiger partial charge in [-0.3, -0.25) is 0 Å². The molecule has 0 aliphatic rings. The SMILES string of the molecule is CCCN(CC)CCNCc1cc(OC)c(OC)cc1Br. The van der Waals surface area contributed by atoms with E-state index in [4.69, 9.17) is 9.47 Å².